The van der Waals surface area contributed by atoms with Gasteiger partial charge in [0.2, 0.25) is 5.91 Å². The molecule has 1 atom stereocenters. The number of carbonyl (C=O) groups excluding carboxylic acids is 2. The van der Waals surface area contributed by atoms with E-state index in [1.807, 2.05) is 4.90 Å². The van der Waals surface area contributed by atoms with Gasteiger partial charge in [-0.2, -0.15) is 13.2 Å². The summed E-state index contributed by atoms with van der Waals surface area (Å²) < 4.78 is 50.6. The molecule has 0 saturated heterocycles. The van der Waals surface area contributed by atoms with Crippen molar-refractivity contribution in [3.05, 3.63) is 52.6 Å². The second kappa shape index (κ2) is 8.01. The summed E-state index contributed by atoms with van der Waals surface area (Å²) in [6.07, 6.45) is -4.35. The molecular formula is C22H22F3N3O4. The highest BCUT2D eigenvalue weighted by Crippen LogP contribution is 2.42. The minimum Gasteiger partial charge on any atom is -0.496 e. The van der Waals surface area contributed by atoms with Gasteiger partial charge in [0.15, 0.2) is 0 Å². The van der Waals surface area contributed by atoms with Gasteiger partial charge in [-0.05, 0) is 60.8 Å². The van der Waals surface area contributed by atoms with Crippen LogP contribution >= 0.6 is 0 Å². The molecule has 2 amide bonds. The molecule has 0 radical (unpaired) electrons. The Morgan fingerprint density at radius 3 is 2.47 bits per heavy atom. The third-order valence-electron chi connectivity index (χ3n) is 5.88. The number of ether oxygens (including phenoxy) is 2. The Morgan fingerprint density at radius 1 is 1.09 bits per heavy atom. The van der Waals surface area contributed by atoms with E-state index in [0.29, 0.717) is 30.5 Å². The number of carbonyl (C=O) groups is 2. The first kappa shape index (κ1) is 21.9. The monoisotopic (exact) mass is 449 g/mol. The van der Waals surface area contributed by atoms with E-state index in [0.717, 1.165) is 11.6 Å². The van der Waals surface area contributed by atoms with Gasteiger partial charge in [-0.3, -0.25) is 14.6 Å². The molecule has 0 aliphatic carbocycles. The highest BCUT2D eigenvalue weighted by molar-refractivity contribution is 5.92. The molecular weight excluding hydrogens is 427 g/mol. The Labute approximate surface area is 182 Å². The van der Waals surface area contributed by atoms with Crippen LogP contribution in [0, 0.1) is 0 Å². The fourth-order valence-electron chi connectivity index (χ4n) is 4.30. The molecule has 170 valence electrons. The lowest BCUT2D eigenvalue weighted by molar-refractivity contribution is -0.138. The van der Waals surface area contributed by atoms with Crippen molar-refractivity contribution in [1.29, 1.82) is 0 Å². The molecule has 0 fully saturated rings. The van der Waals surface area contributed by atoms with Gasteiger partial charge in [0, 0.05) is 13.1 Å². The average Bonchev–Trinajstić information content (AvgIpc) is 3.14. The molecule has 2 aromatic carbocycles. The van der Waals surface area contributed by atoms with Crippen LogP contribution in [0.1, 0.15) is 28.3 Å². The Bertz CT molecular complexity index is 1090. The number of hydrogen-bond donors (Lipinski definition) is 1. The van der Waals surface area contributed by atoms with Crippen LogP contribution in [0.4, 0.5) is 23.7 Å². The molecule has 0 saturated carbocycles. The minimum atomic E-state index is -4.63. The molecule has 2 heterocycles. The lowest BCUT2D eigenvalue weighted by Crippen LogP contribution is -2.40. The van der Waals surface area contributed by atoms with E-state index in [1.165, 1.54) is 18.1 Å². The fourth-order valence-corrected chi connectivity index (χ4v) is 4.30. The molecule has 0 bridgehead atoms. The van der Waals surface area contributed by atoms with E-state index in [1.54, 1.807) is 25.2 Å². The van der Waals surface area contributed by atoms with Crippen LogP contribution in [-0.2, 0) is 23.8 Å². The number of methoxy groups -OCH3 is 1. The predicted molar refractivity (Wildman–Crippen MR) is 110 cm³/mol. The van der Waals surface area contributed by atoms with Crippen LogP contribution in [0.3, 0.4) is 0 Å². The smallest absolute Gasteiger partial charge is 0.420 e. The average molecular weight is 449 g/mol. The number of likely N-dealkylation sites (N-methyl/N-ethyl adjacent to an activating group) is 1. The number of anilines is 1. The standard InChI is InChI=1S/C22H22F3N3O4/c1-27-7-5-12-3-4-14(10-15(12)19(27)20(26)29)32-21(30)28-8-6-13-9-18(31-2)16(11-17(13)28)22(23,24)25/h3-4,9-11,19H,5-8H2,1-2H3,(H2,26,29). The first-order valence-corrected chi connectivity index (χ1v) is 10.00. The van der Waals surface area contributed by atoms with Crippen molar-refractivity contribution in [1.82, 2.24) is 4.90 Å². The first-order chi connectivity index (χ1) is 15.1. The quantitative estimate of drug-likeness (QED) is 0.778. The van der Waals surface area contributed by atoms with Crippen LogP contribution in [-0.4, -0.2) is 44.1 Å². The summed E-state index contributed by atoms with van der Waals surface area (Å²) >= 11 is 0. The van der Waals surface area contributed by atoms with E-state index in [9.17, 15) is 22.8 Å². The Kier molecular flexibility index (Phi) is 5.49. The number of primary amides is 1. The number of alkyl halides is 3. The van der Waals surface area contributed by atoms with Gasteiger partial charge < -0.3 is 15.2 Å². The summed E-state index contributed by atoms with van der Waals surface area (Å²) in [5.74, 6) is -0.616. The predicted octanol–water partition coefficient (Wildman–Crippen LogP) is 3.29. The minimum absolute atomic E-state index is 0.135. The van der Waals surface area contributed by atoms with Gasteiger partial charge >= 0.3 is 12.3 Å². The lowest BCUT2D eigenvalue weighted by atomic mass is 9.92. The number of hydrogen-bond acceptors (Lipinski definition) is 5. The maximum absolute atomic E-state index is 13.4. The van der Waals surface area contributed by atoms with Crippen molar-refractivity contribution in [2.24, 2.45) is 5.73 Å². The van der Waals surface area contributed by atoms with Crippen molar-refractivity contribution in [3.63, 3.8) is 0 Å². The van der Waals surface area contributed by atoms with Crippen molar-refractivity contribution in [2.75, 3.05) is 32.1 Å². The first-order valence-electron chi connectivity index (χ1n) is 10.00. The summed E-state index contributed by atoms with van der Waals surface area (Å²) in [5, 5.41) is 0. The molecule has 1 unspecified atom stereocenters. The number of rotatable bonds is 3. The normalized spacial score (nSPS) is 18.2. The van der Waals surface area contributed by atoms with Crippen LogP contribution in [0.25, 0.3) is 0 Å². The SMILES string of the molecule is COc1cc2c(cc1C(F)(F)F)N(C(=O)Oc1ccc3c(c1)C(C(N)=O)N(C)CC3)CC2. The third-order valence-corrected chi connectivity index (χ3v) is 5.88. The molecule has 2 aromatic rings. The highest BCUT2D eigenvalue weighted by Gasteiger charge is 2.38. The lowest BCUT2D eigenvalue weighted by Gasteiger charge is -2.32. The van der Waals surface area contributed by atoms with E-state index >= 15 is 0 Å². The van der Waals surface area contributed by atoms with Gasteiger partial charge in [-0.1, -0.05) is 6.07 Å². The van der Waals surface area contributed by atoms with E-state index in [2.05, 4.69) is 0 Å². The second-order valence-corrected chi connectivity index (χ2v) is 7.84. The number of nitrogens with two attached hydrogens (primary N) is 1. The molecule has 4 rings (SSSR count). The van der Waals surface area contributed by atoms with Crippen LogP contribution < -0.4 is 20.1 Å². The third kappa shape index (κ3) is 3.86. The van der Waals surface area contributed by atoms with Crippen molar-refractivity contribution >= 4 is 17.7 Å². The second-order valence-electron chi connectivity index (χ2n) is 7.84. The maximum atomic E-state index is 13.4. The largest absolute Gasteiger partial charge is 0.496 e. The Hall–Kier alpha value is -3.27. The fraction of sp³-hybridized carbons (Fsp3) is 0.364. The molecule has 32 heavy (non-hydrogen) atoms. The zero-order chi connectivity index (χ0) is 23.2. The Balaban J connectivity index is 1.61. The van der Waals surface area contributed by atoms with E-state index < -0.39 is 29.8 Å². The van der Waals surface area contributed by atoms with Crippen LogP contribution in [0.15, 0.2) is 30.3 Å². The highest BCUT2D eigenvalue weighted by atomic mass is 19.4. The summed E-state index contributed by atoms with van der Waals surface area (Å²) in [4.78, 5) is 27.8. The molecule has 7 nitrogen and oxygen atoms in total. The number of amides is 2. The van der Waals surface area contributed by atoms with Crippen molar-refractivity contribution in [3.8, 4) is 11.5 Å². The molecule has 2 aliphatic rings. The topological polar surface area (TPSA) is 85.1 Å². The molecule has 0 aromatic heterocycles. The zero-order valence-corrected chi connectivity index (χ0v) is 17.5. The van der Waals surface area contributed by atoms with Gasteiger partial charge in [-0.15, -0.1) is 0 Å². The van der Waals surface area contributed by atoms with Gasteiger partial charge in [0.25, 0.3) is 0 Å². The van der Waals surface area contributed by atoms with Crippen molar-refractivity contribution < 1.29 is 32.2 Å². The van der Waals surface area contributed by atoms with Crippen LogP contribution in [0.5, 0.6) is 11.5 Å². The number of benzene rings is 2. The number of halogens is 3. The molecule has 2 aliphatic heterocycles. The molecule has 2 N–H and O–H groups in total. The van der Waals surface area contributed by atoms with E-state index in [-0.39, 0.29) is 23.7 Å². The van der Waals surface area contributed by atoms with Gasteiger partial charge in [-0.25, -0.2) is 4.79 Å². The number of nitrogens with zero attached hydrogens (tertiary/aromatic N) is 2. The maximum Gasteiger partial charge on any atom is 0.420 e. The Morgan fingerprint density at radius 2 is 1.81 bits per heavy atom. The zero-order valence-electron chi connectivity index (χ0n) is 17.5. The molecule has 10 heteroatoms. The summed E-state index contributed by atoms with van der Waals surface area (Å²) in [7, 11) is 2.95. The number of fused-ring (bicyclic) bond motifs is 2. The molecule has 0 spiro atoms. The van der Waals surface area contributed by atoms with Crippen LogP contribution in [0.2, 0.25) is 0 Å². The summed E-state index contributed by atoms with van der Waals surface area (Å²) in [6.45, 7) is 0.839. The summed E-state index contributed by atoms with van der Waals surface area (Å²) in [6, 6.07) is 6.53. The van der Waals surface area contributed by atoms with Crippen molar-refractivity contribution in [2.45, 2.75) is 25.1 Å². The summed E-state index contributed by atoms with van der Waals surface area (Å²) in [5.41, 5.74) is 6.88. The van der Waals surface area contributed by atoms with Gasteiger partial charge in [0.1, 0.15) is 17.5 Å². The van der Waals surface area contributed by atoms with E-state index in [4.69, 9.17) is 15.2 Å². The van der Waals surface area contributed by atoms with Gasteiger partial charge in [0.05, 0.1) is 18.4 Å².